The predicted molar refractivity (Wildman–Crippen MR) is 135 cm³/mol. The van der Waals surface area contributed by atoms with Crippen molar-refractivity contribution in [3.63, 3.8) is 0 Å². The molecule has 1 saturated heterocycles. The fraction of sp³-hybridized carbons (Fsp3) is 0.857. The van der Waals surface area contributed by atoms with Crippen molar-refractivity contribution in [2.45, 2.75) is 147 Å². The van der Waals surface area contributed by atoms with Crippen LogP contribution < -0.4 is 5.32 Å². The number of amides is 1. The molecule has 4 nitrogen and oxygen atoms in total. The van der Waals surface area contributed by atoms with Gasteiger partial charge in [-0.15, -0.1) is 6.58 Å². The van der Waals surface area contributed by atoms with Crippen molar-refractivity contribution in [2.24, 2.45) is 0 Å². The Morgan fingerprint density at radius 2 is 1.16 bits per heavy atom. The van der Waals surface area contributed by atoms with E-state index in [0.717, 1.165) is 12.8 Å². The maximum absolute atomic E-state index is 11.8. The van der Waals surface area contributed by atoms with Gasteiger partial charge in [0.15, 0.2) is 0 Å². The molecule has 0 aromatic carbocycles. The minimum atomic E-state index is -0.407. The minimum Gasteiger partial charge on any atom is -0.464 e. The number of hydrogen-bond acceptors (Lipinski definition) is 3. The summed E-state index contributed by atoms with van der Waals surface area (Å²) in [5, 5.41) is 2.65. The highest BCUT2D eigenvalue weighted by Crippen LogP contribution is 2.15. The van der Waals surface area contributed by atoms with Crippen LogP contribution in [0.25, 0.3) is 0 Å². The Kier molecular flexibility index (Phi) is 19.3. The Hall–Kier alpha value is -1.32. The number of unbranched alkanes of at least 4 members (excludes halogenated alkanes) is 19. The van der Waals surface area contributed by atoms with E-state index in [1.54, 1.807) is 0 Å². The van der Waals surface area contributed by atoms with E-state index in [0.29, 0.717) is 19.4 Å². The summed E-state index contributed by atoms with van der Waals surface area (Å²) < 4.78 is 5.26. The zero-order valence-corrected chi connectivity index (χ0v) is 20.9. The van der Waals surface area contributed by atoms with E-state index < -0.39 is 6.04 Å². The number of ether oxygens (including phenoxy) is 1. The molecule has 0 unspecified atom stereocenters. The van der Waals surface area contributed by atoms with Gasteiger partial charge in [0, 0.05) is 6.42 Å². The molecule has 32 heavy (non-hydrogen) atoms. The lowest BCUT2D eigenvalue weighted by atomic mass is 10.0. The van der Waals surface area contributed by atoms with Crippen molar-refractivity contribution in [3.8, 4) is 0 Å². The molecule has 0 aliphatic carbocycles. The van der Waals surface area contributed by atoms with Crippen LogP contribution in [-0.4, -0.2) is 24.5 Å². The van der Waals surface area contributed by atoms with Crippen LogP contribution >= 0.6 is 0 Å². The lowest BCUT2D eigenvalue weighted by Gasteiger charge is -2.09. The highest BCUT2D eigenvalue weighted by atomic mass is 16.5. The zero-order valence-electron chi connectivity index (χ0n) is 20.9. The first kappa shape index (κ1) is 28.7. The van der Waals surface area contributed by atoms with Gasteiger partial charge >= 0.3 is 5.97 Å². The van der Waals surface area contributed by atoms with Gasteiger partial charge < -0.3 is 10.1 Å². The van der Waals surface area contributed by atoms with Gasteiger partial charge in [-0.1, -0.05) is 115 Å². The molecule has 0 bridgehead atoms. The molecule has 1 fully saturated rings. The predicted octanol–water partition coefficient (Wildman–Crippen LogP) is 7.80. The van der Waals surface area contributed by atoms with Gasteiger partial charge in [0.05, 0.1) is 6.61 Å². The lowest BCUT2D eigenvalue weighted by Crippen LogP contribution is -2.34. The fourth-order valence-corrected chi connectivity index (χ4v) is 4.46. The summed E-state index contributed by atoms with van der Waals surface area (Å²) >= 11 is 0. The molecule has 1 amide bonds. The summed E-state index contributed by atoms with van der Waals surface area (Å²) in [6, 6.07) is -0.407. The van der Waals surface area contributed by atoms with Gasteiger partial charge in [0.25, 0.3) is 0 Å². The third-order valence-electron chi connectivity index (χ3n) is 6.58. The lowest BCUT2D eigenvalue weighted by molar-refractivity contribution is -0.146. The second kappa shape index (κ2) is 21.5. The van der Waals surface area contributed by atoms with Crippen LogP contribution in [-0.2, 0) is 14.3 Å². The van der Waals surface area contributed by atoms with E-state index >= 15 is 0 Å². The summed E-state index contributed by atoms with van der Waals surface area (Å²) in [5.41, 5.74) is 0. The summed E-state index contributed by atoms with van der Waals surface area (Å²) in [6.07, 6.45) is 29.8. The van der Waals surface area contributed by atoms with Crippen molar-refractivity contribution in [1.29, 1.82) is 0 Å². The second-order valence-corrected chi connectivity index (χ2v) is 9.62. The summed E-state index contributed by atoms with van der Waals surface area (Å²) in [6.45, 7) is 4.27. The molecule has 1 N–H and O–H groups in total. The molecular weight excluding hydrogens is 398 g/mol. The maximum Gasteiger partial charge on any atom is 0.328 e. The quantitative estimate of drug-likeness (QED) is 0.0983. The van der Waals surface area contributed by atoms with E-state index in [1.165, 1.54) is 116 Å². The van der Waals surface area contributed by atoms with Crippen LogP contribution in [0.1, 0.15) is 141 Å². The molecule has 0 spiro atoms. The first-order valence-electron chi connectivity index (χ1n) is 13.8. The minimum absolute atomic E-state index is 0.0427. The number of carbonyl (C=O) groups excluding carboxylic acids is 2. The van der Waals surface area contributed by atoms with E-state index in [9.17, 15) is 9.59 Å². The molecule has 0 aromatic rings. The third-order valence-corrected chi connectivity index (χ3v) is 6.58. The number of allylic oxidation sites excluding steroid dienone is 1. The van der Waals surface area contributed by atoms with E-state index in [4.69, 9.17) is 4.74 Å². The van der Waals surface area contributed by atoms with Crippen molar-refractivity contribution in [3.05, 3.63) is 12.7 Å². The molecular formula is C28H51NO3. The van der Waals surface area contributed by atoms with E-state index in [-0.39, 0.29) is 11.9 Å². The van der Waals surface area contributed by atoms with Crippen LogP contribution in [0.4, 0.5) is 0 Å². The van der Waals surface area contributed by atoms with Gasteiger partial charge in [-0.2, -0.15) is 0 Å². The summed E-state index contributed by atoms with van der Waals surface area (Å²) in [7, 11) is 0. The van der Waals surface area contributed by atoms with Crippen LogP contribution in [0.15, 0.2) is 12.7 Å². The number of nitrogens with one attached hydrogen (secondary N) is 1. The van der Waals surface area contributed by atoms with Gasteiger partial charge in [0.2, 0.25) is 5.91 Å². The van der Waals surface area contributed by atoms with Crippen LogP contribution in [0.2, 0.25) is 0 Å². The Balaban J connectivity index is 1.68. The topological polar surface area (TPSA) is 55.4 Å². The molecule has 1 heterocycles. The van der Waals surface area contributed by atoms with Gasteiger partial charge in [0.1, 0.15) is 6.04 Å². The fourth-order valence-electron chi connectivity index (χ4n) is 4.46. The largest absolute Gasteiger partial charge is 0.464 e. The number of carbonyl (C=O) groups is 2. The first-order chi connectivity index (χ1) is 15.7. The van der Waals surface area contributed by atoms with Crippen molar-refractivity contribution < 1.29 is 14.3 Å². The number of hydrogen-bond donors (Lipinski definition) is 1. The molecule has 4 heteroatoms. The van der Waals surface area contributed by atoms with Gasteiger partial charge in [-0.05, 0) is 25.7 Å². The van der Waals surface area contributed by atoms with Crippen molar-refractivity contribution in [2.75, 3.05) is 6.61 Å². The standard InChI is InChI=1S/C28H51NO3/c1-2-3-4-5-6-7-8-9-10-11-12-13-14-15-16-17-18-19-20-21-22-25-32-28(31)26-23-24-27(30)29-26/h2,26H,1,3-25H2,(H,29,30)/t26-/m0/s1. The monoisotopic (exact) mass is 449 g/mol. The molecule has 186 valence electrons. The van der Waals surface area contributed by atoms with E-state index in [1.807, 2.05) is 6.08 Å². The SMILES string of the molecule is C=CCCCCCCCCCCCCCCCCCCCCCOC(=O)[C@@H]1CCC(=O)N1. The molecule has 1 rings (SSSR count). The smallest absolute Gasteiger partial charge is 0.328 e. The summed E-state index contributed by atoms with van der Waals surface area (Å²) in [4.78, 5) is 22.9. The Labute approximate surface area is 198 Å². The Morgan fingerprint density at radius 3 is 1.53 bits per heavy atom. The highest BCUT2D eigenvalue weighted by Gasteiger charge is 2.28. The Bertz CT molecular complexity index is 477. The average molecular weight is 450 g/mol. The van der Waals surface area contributed by atoms with Gasteiger partial charge in [-0.25, -0.2) is 4.79 Å². The number of esters is 1. The Morgan fingerprint density at radius 1 is 0.750 bits per heavy atom. The third kappa shape index (κ3) is 17.3. The normalized spacial score (nSPS) is 15.6. The highest BCUT2D eigenvalue weighted by molar-refractivity contribution is 5.87. The summed E-state index contributed by atoms with van der Waals surface area (Å²) in [5.74, 6) is -0.305. The molecule has 0 radical (unpaired) electrons. The molecule has 1 aliphatic rings. The average Bonchev–Trinajstić information content (AvgIpc) is 3.23. The molecule has 0 saturated carbocycles. The number of rotatable bonds is 23. The first-order valence-corrected chi connectivity index (χ1v) is 13.8. The van der Waals surface area contributed by atoms with Crippen molar-refractivity contribution >= 4 is 11.9 Å². The van der Waals surface area contributed by atoms with Crippen LogP contribution in [0.3, 0.4) is 0 Å². The zero-order chi connectivity index (χ0) is 23.1. The molecule has 1 atom stereocenters. The maximum atomic E-state index is 11.8. The van der Waals surface area contributed by atoms with Crippen molar-refractivity contribution in [1.82, 2.24) is 5.32 Å². The second-order valence-electron chi connectivity index (χ2n) is 9.62. The van der Waals surface area contributed by atoms with E-state index in [2.05, 4.69) is 11.9 Å². The van der Waals surface area contributed by atoms with Gasteiger partial charge in [-0.3, -0.25) is 4.79 Å². The molecule has 0 aromatic heterocycles. The molecule has 1 aliphatic heterocycles. The van der Waals surface area contributed by atoms with Crippen LogP contribution in [0.5, 0.6) is 0 Å². The van der Waals surface area contributed by atoms with Crippen LogP contribution in [0, 0.1) is 0 Å².